The average molecular weight is 288 g/mol. The van der Waals surface area contributed by atoms with Gasteiger partial charge in [-0.3, -0.25) is 0 Å². The lowest BCUT2D eigenvalue weighted by atomic mass is 10.3. The molecule has 0 saturated heterocycles. The van der Waals surface area contributed by atoms with Crippen LogP contribution in [0, 0.1) is 0 Å². The van der Waals surface area contributed by atoms with E-state index in [1.165, 1.54) is 18.2 Å². The molecule has 0 fully saturated rings. The standard InChI is InChI=1S/C8H10FNO5S.ClH/c9-16(11,12)15-8-3-1-2-7(6-8)13-4-5-14-10;/h1-3,6H,4-5,10H2;1H. The van der Waals surface area contributed by atoms with Gasteiger partial charge in [0.1, 0.15) is 24.7 Å². The third-order valence-corrected chi connectivity index (χ3v) is 1.86. The summed E-state index contributed by atoms with van der Waals surface area (Å²) in [6.45, 7) is 0.356. The summed E-state index contributed by atoms with van der Waals surface area (Å²) in [5.41, 5.74) is 0. The highest BCUT2D eigenvalue weighted by Gasteiger charge is 2.09. The maximum Gasteiger partial charge on any atom is 0.488 e. The van der Waals surface area contributed by atoms with E-state index in [0.717, 1.165) is 0 Å². The summed E-state index contributed by atoms with van der Waals surface area (Å²) in [6.07, 6.45) is 0. The van der Waals surface area contributed by atoms with Gasteiger partial charge in [-0.1, -0.05) is 9.95 Å². The first-order valence-corrected chi connectivity index (χ1v) is 5.51. The van der Waals surface area contributed by atoms with Crippen LogP contribution in [0.1, 0.15) is 0 Å². The van der Waals surface area contributed by atoms with Crippen molar-refractivity contribution in [2.24, 2.45) is 5.90 Å². The van der Waals surface area contributed by atoms with Gasteiger partial charge >= 0.3 is 10.5 Å². The second kappa shape index (κ2) is 7.28. The van der Waals surface area contributed by atoms with E-state index in [1.807, 2.05) is 0 Å². The second-order valence-electron chi connectivity index (χ2n) is 2.67. The van der Waals surface area contributed by atoms with Crippen molar-refractivity contribution in [2.75, 3.05) is 13.2 Å². The van der Waals surface area contributed by atoms with Gasteiger partial charge in [0.05, 0.1) is 0 Å². The Morgan fingerprint density at radius 1 is 1.24 bits per heavy atom. The molecule has 0 aliphatic carbocycles. The molecule has 0 bridgehead atoms. The number of hydrogen-bond acceptors (Lipinski definition) is 6. The Kier molecular flexibility index (Phi) is 6.81. The monoisotopic (exact) mass is 287 g/mol. The highest BCUT2D eigenvalue weighted by Crippen LogP contribution is 2.20. The molecule has 2 N–H and O–H groups in total. The van der Waals surface area contributed by atoms with E-state index < -0.39 is 10.5 Å². The third-order valence-electron chi connectivity index (χ3n) is 1.47. The zero-order valence-electron chi connectivity index (χ0n) is 8.54. The molecule has 0 atom stereocenters. The molecule has 1 rings (SSSR count). The van der Waals surface area contributed by atoms with Crippen LogP contribution in [-0.4, -0.2) is 21.6 Å². The van der Waals surface area contributed by atoms with Crippen molar-refractivity contribution in [1.29, 1.82) is 0 Å². The minimum atomic E-state index is -5.02. The average Bonchev–Trinajstić information content (AvgIpc) is 2.16. The van der Waals surface area contributed by atoms with Gasteiger partial charge in [-0.25, -0.2) is 5.90 Å². The van der Waals surface area contributed by atoms with E-state index in [-0.39, 0.29) is 31.4 Å². The lowest BCUT2D eigenvalue weighted by Crippen LogP contribution is -2.10. The summed E-state index contributed by atoms with van der Waals surface area (Å²) in [7, 11) is -5.02. The molecule has 0 saturated carbocycles. The molecule has 17 heavy (non-hydrogen) atoms. The van der Waals surface area contributed by atoms with Gasteiger partial charge in [-0.05, 0) is 12.1 Å². The fraction of sp³-hybridized carbons (Fsp3) is 0.250. The molecule has 0 radical (unpaired) electrons. The van der Waals surface area contributed by atoms with Crippen molar-refractivity contribution < 1.29 is 26.1 Å². The number of hydrogen-bond donors (Lipinski definition) is 1. The predicted octanol–water partition coefficient (Wildman–Crippen LogP) is 0.971. The fourth-order valence-electron chi connectivity index (χ4n) is 0.938. The zero-order chi connectivity index (χ0) is 12.0. The number of benzene rings is 1. The topological polar surface area (TPSA) is 87.8 Å². The van der Waals surface area contributed by atoms with Gasteiger partial charge in [-0.2, -0.15) is 8.42 Å². The molecule has 0 aromatic heterocycles. The molecule has 0 amide bonds. The number of rotatable bonds is 6. The number of ether oxygens (including phenoxy) is 1. The molecule has 0 spiro atoms. The molecule has 0 heterocycles. The molecular weight excluding hydrogens is 277 g/mol. The molecular formula is C8H11ClFNO5S. The Hall–Kier alpha value is -1.09. The molecule has 9 heteroatoms. The van der Waals surface area contributed by atoms with E-state index in [2.05, 4.69) is 9.02 Å². The number of nitrogens with two attached hydrogens (primary N) is 1. The van der Waals surface area contributed by atoms with Crippen LogP contribution in [0.5, 0.6) is 11.5 Å². The van der Waals surface area contributed by atoms with E-state index >= 15 is 0 Å². The van der Waals surface area contributed by atoms with Crippen LogP contribution in [0.2, 0.25) is 0 Å². The molecule has 0 aliphatic heterocycles. The van der Waals surface area contributed by atoms with Gasteiger partial charge in [0.25, 0.3) is 0 Å². The van der Waals surface area contributed by atoms with Crippen molar-refractivity contribution in [3.63, 3.8) is 0 Å². The van der Waals surface area contributed by atoms with Crippen LogP contribution < -0.4 is 14.8 Å². The lowest BCUT2D eigenvalue weighted by molar-refractivity contribution is 0.102. The van der Waals surface area contributed by atoms with Crippen molar-refractivity contribution in [2.45, 2.75) is 0 Å². The van der Waals surface area contributed by atoms with Gasteiger partial charge in [0.15, 0.2) is 0 Å². The van der Waals surface area contributed by atoms with E-state index in [0.29, 0.717) is 5.75 Å². The second-order valence-corrected chi connectivity index (χ2v) is 3.62. The molecule has 1 aromatic carbocycles. The van der Waals surface area contributed by atoms with Gasteiger partial charge in [-0.15, -0.1) is 12.4 Å². The van der Waals surface area contributed by atoms with Gasteiger partial charge < -0.3 is 13.8 Å². The van der Waals surface area contributed by atoms with E-state index in [1.54, 1.807) is 6.07 Å². The van der Waals surface area contributed by atoms with Crippen LogP contribution in [-0.2, 0) is 15.3 Å². The maximum atomic E-state index is 12.2. The first-order valence-electron chi connectivity index (χ1n) is 4.20. The minimum absolute atomic E-state index is 0. The van der Waals surface area contributed by atoms with Crippen LogP contribution in [0.3, 0.4) is 0 Å². The summed E-state index contributed by atoms with van der Waals surface area (Å²) in [5.74, 6) is 4.92. The largest absolute Gasteiger partial charge is 0.491 e. The molecule has 0 aliphatic rings. The summed E-state index contributed by atoms with van der Waals surface area (Å²) in [5, 5.41) is 0. The summed E-state index contributed by atoms with van der Waals surface area (Å²) >= 11 is 0. The van der Waals surface area contributed by atoms with Crippen LogP contribution in [0.25, 0.3) is 0 Å². The lowest BCUT2D eigenvalue weighted by Gasteiger charge is -2.06. The highest BCUT2D eigenvalue weighted by molar-refractivity contribution is 7.81. The Morgan fingerprint density at radius 3 is 2.47 bits per heavy atom. The van der Waals surface area contributed by atoms with Crippen molar-refractivity contribution in [1.82, 2.24) is 0 Å². The normalized spacial score (nSPS) is 10.5. The third kappa shape index (κ3) is 6.95. The highest BCUT2D eigenvalue weighted by atomic mass is 35.5. The smallest absolute Gasteiger partial charge is 0.488 e. The molecule has 1 aromatic rings. The Morgan fingerprint density at radius 2 is 1.88 bits per heavy atom. The first-order chi connectivity index (χ1) is 7.51. The predicted molar refractivity (Wildman–Crippen MR) is 60.0 cm³/mol. The van der Waals surface area contributed by atoms with Gasteiger partial charge in [0.2, 0.25) is 0 Å². The van der Waals surface area contributed by atoms with E-state index in [9.17, 15) is 12.3 Å². The molecule has 6 nitrogen and oxygen atoms in total. The maximum absolute atomic E-state index is 12.2. The van der Waals surface area contributed by atoms with Crippen LogP contribution in [0.15, 0.2) is 24.3 Å². The Balaban J connectivity index is 0.00000256. The molecule has 98 valence electrons. The Bertz CT molecular complexity index is 441. The van der Waals surface area contributed by atoms with E-state index in [4.69, 9.17) is 10.6 Å². The number of halogens is 2. The summed E-state index contributed by atoms with van der Waals surface area (Å²) in [4.78, 5) is 4.26. The van der Waals surface area contributed by atoms with Crippen molar-refractivity contribution in [3.8, 4) is 11.5 Å². The van der Waals surface area contributed by atoms with Crippen molar-refractivity contribution in [3.05, 3.63) is 24.3 Å². The fourth-order valence-corrected chi connectivity index (χ4v) is 1.27. The summed E-state index contributed by atoms with van der Waals surface area (Å²) in [6, 6.07) is 5.52. The van der Waals surface area contributed by atoms with Crippen molar-refractivity contribution >= 4 is 22.9 Å². The van der Waals surface area contributed by atoms with Crippen LogP contribution in [0.4, 0.5) is 3.89 Å². The Labute approximate surface area is 104 Å². The first kappa shape index (κ1) is 15.9. The zero-order valence-corrected chi connectivity index (χ0v) is 10.2. The summed E-state index contributed by atoms with van der Waals surface area (Å²) < 4.78 is 41.7. The molecule has 0 unspecified atom stereocenters. The van der Waals surface area contributed by atoms with Gasteiger partial charge in [0, 0.05) is 6.07 Å². The van der Waals surface area contributed by atoms with Crippen LogP contribution >= 0.6 is 12.4 Å². The quantitative estimate of drug-likeness (QED) is 0.476. The SMILES string of the molecule is Cl.NOCCOc1cccc(OS(=O)(=O)F)c1. The minimum Gasteiger partial charge on any atom is -0.491 e.